The minimum atomic E-state index is -0.963. The number of carbonyl (C=O) groups is 1. The molecule has 0 spiro atoms. The molecule has 2 atom stereocenters. The summed E-state index contributed by atoms with van der Waals surface area (Å²) in [6.07, 6.45) is 1.97. The van der Waals surface area contributed by atoms with E-state index in [0.29, 0.717) is 19.4 Å². The van der Waals surface area contributed by atoms with Crippen molar-refractivity contribution in [3.8, 4) is 0 Å². The summed E-state index contributed by atoms with van der Waals surface area (Å²) in [5, 5.41) is 20.6. The van der Waals surface area contributed by atoms with E-state index in [1.807, 2.05) is 51.3 Å². The molecule has 0 aromatic heterocycles. The normalized spacial score (nSPS) is 26.0. The molecular formula is C17H25NO3S. The number of aliphatic hydroxyl groups is 1. The van der Waals surface area contributed by atoms with Crippen LogP contribution in [0.4, 0.5) is 4.79 Å². The summed E-state index contributed by atoms with van der Waals surface area (Å²) in [7, 11) is 0. The fourth-order valence-electron chi connectivity index (χ4n) is 3.17. The van der Waals surface area contributed by atoms with Crippen molar-refractivity contribution in [2.45, 2.75) is 50.2 Å². The molecule has 0 saturated carbocycles. The maximum Gasteiger partial charge on any atom is 0.407 e. The molecule has 1 heterocycles. The van der Waals surface area contributed by atoms with Gasteiger partial charge in [-0.05, 0) is 35.8 Å². The van der Waals surface area contributed by atoms with E-state index in [1.54, 1.807) is 11.8 Å². The van der Waals surface area contributed by atoms with Crippen molar-refractivity contribution in [2.75, 3.05) is 12.8 Å². The molecule has 2 rings (SSSR count). The van der Waals surface area contributed by atoms with Crippen LogP contribution in [0.15, 0.2) is 29.2 Å². The van der Waals surface area contributed by atoms with E-state index in [2.05, 4.69) is 0 Å². The minimum absolute atomic E-state index is 0.207. The molecule has 2 unspecified atom stereocenters. The van der Waals surface area contributed by atoms with E-state index in [9.17, 15) is 15.0 Å². The molecule has 122 valence electrons. The zero-order chi connectivity index (χ0) is 16.5. The summed E-state index contributed by atoms with van der Waals surface area (Å²) in [6, 6.07) is 7.72. The molecule has 22 heavy (non-hydrogen) atoms. The number of hydrogen-bond donors (Lipinski definition) is 2. The van der Waals surface area contributed by atoms with Crippen LogP contribution in [0.2, 0.25) is 0 Å². The lowest BCUT2D eigenvalue weighted by atomic mass is 9.73. The second kappa shape index (κ2) is 6.13. The van der Waals surface area contributed by atoms with Gasteiger partial charge in [-0.2, -0.15) is 0 Å². The van der Waals surface area contributed by atoms with E-state index in [1.165, 1.54) is 4.90 Å². The molecule has 5 heteroatoms. The van der Waals surface area contributed by atoms with Gasteiger partial charge in [0.15, 0.2) is 0 Å². The van der Waals surface area contributed by atoms with Crippen LogP contribution in [0.1, 0.15) is 39.2 Å². The predicted molar refractivity (Wildman–Crippen MR) is 89.3 cm³/mol. The Kier molecular flexibility index (Phi) is 4.78. The SMILES string of the molecule is CSc1cccc(C2(O)CCN(C(=O)O)C(C(C)(C)C)C2)c1. The number of hydrogen-bond acceptors (Lipinski definition) is 3. The van der Waals surface area contributed by atoms with Crippen molar-refractivity contribution in [3.05, 3.63) is 29.8 Å². The highest BCUT2D eigenvalue weighted by molar-refractivity contribution is 7.98. The molecule has 1 fully saturated rings. The van der Waals surface area contributed by atoms with Crippen molar-refractivity contribution in [1.82, 2.24) is 4.90 Å². The molecule has 1 aromatic carbocycles. The lowest BCUT2D eigenvalue weighted by Crippen LogP contribution is -2.55. The number of rotatable bonds is 2. The topological polar surface area (TPSA) is 60.8 Å². The number of benzene rings is 1. The number of amides is 1. The molecule has 0 aliphatic carbocycles. The Morgan fingerprint density at radius 1 is 1.41 bits per heavy atom. The van der Waals surface area contributed by atoms with Gasteiger partial charge in [-0.15, -0.1) is 11.8 Å². The van der Waals surface area contributed by atoms with E-state index in [0.717, 1.165) is 10.5 Å². The number of carboxylic acid groups (broad SMARTS) is 1. The van der Waals surface area contributed by atoms with Gasteiger partial charge in [-0.1, -0.05) is 32.9 Å². The van der Waals surface area contributed by atoms with Gasteiger partial charge in [0, 0.05) is 23.9 Å². The molecule has 0 radical (unpaired) electrons. The van der Waals surface area contributed by atoms with Crippen LogP contribution in [0.25, 0.3) is 0 Å². The number of piperidine rings is 1. The van der Waals surface area contributed by atoms with E-state index in [-0.39, 0.29) is 11.5 Å². The lowest BCUT2D eigenvalue weighted by molar-refractivity contribution is -0.0687. The molecule has 1 amide bonds. The van der Waals surface area contributed by atoms with Gasteiger partial charge in [0.25, 0.3) is 0 Å². The van der Waals surface area contributed by atoms with Gasteiger partial charge >= 0.3 is 6.09 Å². The molecule has 4 nitrogen and oxygen atoms in total. The first kappa shape index (κ1) is 17.2. The third kappa shape index (κ3) is 3.41. The van der Waals surface area contributed by atoms with E-state index in [4.69, 9.17) is 0 Å². The van der Waals surface area contributed by atoms with E-state index >= 15 is 0 Å². The van der Waals surface area contributed by atoms with Gasteiger partial charge in [-0.3, -0.25) is 0 Å². The molecular weight excluding hydrogens is 298 g/mol. The summed E-state index contributed by atoms with van der Waals surface area (Å²) < 4.78 is 0. The Morgan fingerprint density at radius 3 is 2.64 bits per heavy atom. The number of likely N-dealkylation sites (tertiary alicyclic amines) is 1. The monoisotopic (exact) mass is 323 g/mol. The summed E-state index contributed by atoms with van der Waals surface area (Å²) in [5.41, 5.74) is -0.293. The molecule has 1 aliphatic rings. The van der Waals surface area contributed by atoms with Gasteiger partial charge in [-0.25, -0.2) is 4.79 Å². The fraction of sp³-hybridized carbons (Fsp3) is 0.588. The van der Waals surface area contributed by atoms with Crippen molar-refractivity contribution < 1.29 is 15.0 Å². The predicted octanol–water partition coefficient (Wildman–Crippen LogP) is 3.78. The van der Waals surface area contributed by atoms with Crippen molar-refractivity contribution in [3.63, 3.8) is 0 Å². The smallest absolute Gasteiger partial charge is 0.407 e. The van der Waals surface area contributed by atoms with Crippen molar-refractivity contribution in [2.24, 2.45) is 5.41 Å². The van der Waals surface area contributed by atoms with Crippen LogP contribution in [-0.4, -0.2) is 40.0 Å². The summed E-state index contributed by atoms with van der Waals surface area (Å²) in [5.74, 6) is 0. The Morgan fingerprint density at radius 2 is 2.09 bits per heavy atom. The maximum absolute atomic E-state index is 11.5. The first-order valence-electron chi connectivity index (χ1n) is 7.54. The second-order valence-corrected chi connectivity index (χ2v) is 7.96. The van der Waals surface area contributed by atoms with Gasteiger partial charge in [0.2, 0.25) is 0 Å². The summed E-state index contributed by atoms with van der Waals surface area (Å²) in [6.45, 7) is 6.43. The Hall–Kier alpha value is -1.20. The van der Waals surface area contributed by atoms with Crippen LogP contribution in [0.3, 0.4) is 0 Å². The van der Waals surface area contributed by atoms with Crippen LogP contribution in [0, 0.1) is 5.41 Å². The van der Waals surface area contributed by atoms with E-state index < -0.39 is 11.7 Å². The Bertz CT molecular complexity index is 555. The standard InChI is InChI=1S/C17H25NO3S/c1-16(2,3)14-11-17(21,8-9-18(14)15(19)20)12-6-5-7-13(10-12)22-4/h5-7,10,14,21H,8-9,11H2,1-4H3,(H,19,20). The average molecular weight is 323 g/mol. The third-order valence-corrected chi connectivity index (χ3v) is 5.25. The Balaban J connectivity index is 2.34. The van der Waals surface area contributed by atoms with Crippen LogP contribution < -0.4 is 0 Å². The molecule has 2 N–H and O–H groups in total. The quantitative estimate of drug-likeness (QED) is 0.813. The zero-order valence-electron chi connectivity index (χ0n) is 13.7. The van der Waals surface area contributed by atoms with Crippen LogP contribution in [0.5, 0.6) is 0 Å². The number of nitrogens with zero attached hydrogens (tertiary/aromatic N) is 1. The highest BCUT2D eigenvalue weighted by atomic mass is 32.2. The fourth-order valence-corrected chi connectivity index (χ4v) is 3.63. The highest BCUT2D eigenvalue weighted by Gasteiger charge is 2.45. The maximum atomic E-state index is 11.5. The zero-order valence-corrected chi connectivity index (χ0v) is 14.5. The second-order valence-electron chi connectivity index (χ2n) is 7.08. The molecule has 1 aromatic rings. The van der Waals surface area contributed by atoms with Gasteiger partial charge in [0.1, 0.15) is 0 Å². The first-order chi connectivity index (χ1) is 10.2. The molecule has 1 saturated heterocycles. The average Bonchev–Trinajstić information content (AvgIpc) is 2.46. The largest absolute Gasteiger partial charge is 0.465 e. The minimum Gasteiger partial charge on any atom is -0.465 e. The van der Waals surface area contributed by atoms with Crippen molar-refractivity contribution >= 4 is 17.9 Å². The summed E-state index contributed by atoms with van der Waals surface area (Å²) in [4.78, 5) is 14.1. The summed E-state index contributed by atoms with van der Waals surface area (Å²) >= 11 is 1.64. The third-order valence-electron chi connectivity index (χ3n) is 4.53. The Labute approximate surface area is 136 Å². The van der Waals surface area contributed by atoms with Crippen molar-refractivity contribution in [1.29, 1.82) is 0 Å². The van der Waals surface area contributed by atoms with Crippen LogP contribution in [-0.2, 0) is 5.60 Å². The van der Waals surface area contributed by atoms with Crippen LogP contribution >= 0.6 is 11.8 Å². The lowest BCUT2D eigenvalue weighted by Gasteiger charge is -2.48. The van der Waals surface area contributed by atoms with Gasteiger partial charge < -0.3 is 15.1 Å². The molecule has 1 aliphatic heterocycles. The highest BCUT2D eigenvalue weighted by Crippen LogP contribution is 2.42. The first-order valence-corrected chi connectivity index (χ1v) is 8.76. The van der Waals surface area contributed by atoms with Gasteiger partial charge in [0.05, 0.1) is 5.60 Å². The molecule has 0 bridgehead atoms. The number of thioether (sulfide) groups is 1.